The molecule has 2 rings (SSSR count). The highest BCUT2D eigenvalue weighted by Gasteiger charge is 2.26. The van der Waals surface area contributed by atoms with Gasteiger partial charge in [-0.25, -0.2) is 5.43 Å². The van der Waals surface area contributed by atoms with Crippen molar-refractivity contribution >= 4 is 23.9 Å². The monoisotopic (exact) mass is 402 g/mol. The van der Waals surface area contributed by atoms with Crippen molar-refractivity contribution in [3.63, 3.8) is 0 Å². The Morgan fingerprint density at radius 2 is 1.79 bits per heavy atom. The third-order valence-electron chi connectivity index (χ3n) is 3.77. The normalized spacial score (nSPS) is 12.6. The predicted octanol–water partition coefficient (Wildman–Crippen LogP) is 3.35. The maximum atomic E-state index is 12.1. The first-order chi connectivity index (χ1) is 13.3. The Morgan fingerprint density at radius 1 is 1.18 bits per heavy atom. The zero-order valence-corrected chi connectivity index (χ0v) is 17.6. The first-order valence-corrected chi connectivity index (χ1v) is 9.69. The van der Waals surface area contributed by atoms with Gasteiger partial charge in [-0.2, -0.15) is 15.1 Å². The Morgan fingerprint density at radius 3 is 2.32 bits per heavy atom. The van der Waals surface area contributed by atoms with Gasteiger partial charge in [0.25, 0.3) is 0 Å². The van der Waals surface area contributed by atoms with Gasteiger partial charge in [0.05, 0.1) is 32.0 Å². The van der Waals surface area contributed by atoms with Crippen LogP contribution in [-0.2, 0) is 11.2 Å². The molecule has 1 aromatic heterocycles. The molecule has 1 N–H and O–H groups in total. The van der Waals surface area contributed by atoms with E-state index in [-0.39, 0.29) is 23.0 Å². The summed E-state index contributed by atoms with van der Waals surface area (Å²) in [7, 11) is 3.09. The van der Waals surface area contributed by atoms with E-state index in [9.17, 15) is 4.79 Å². The summed E-state index contributed by atoms with van der Waals surface area (Å²) < 4.78 is 10.4. The molecule has 0 saturated heterocycles. The molecule has 1 heterocycles. The van der Waals surface area contributed by atoms with Gasteiger partial charge in [0, 0.05) is 6.21 Å². The lowest BCUT2D eigenvalue weighted by atomic mass is 9.92. The number of nitrogens with zero attached hydrogens (tertiary/aromatic N) is 3. The molecule has 150 valence electrons. The second kappa shape index (κ2) is 10.1. The number of hydrazone groups is 1. The lowest BCUT2D eigenvalue weighted by molar-refractivity contribution is -0.120. The molecule has 1 unspecified atom stereocenters. The summed E-state index contributed by atoms with van der Waals surface area (Å²) in [6.45, 7) is 6.25. The fourth-order valence-corrected chi connectivity index (χ4v) is 3.18. The van der Waals surface area contributed by atoms with Crippen LogP contribution in [0.5, 0.6) is 11.8 Å². The molecule has 0 aliphatic rings. The van der Waals surface area contributed by atoms with Crippen molar-refractivity contribution in [2.75, 3.05) is 14.2 Å². The van der Waals surface area contributed by atoms with Crippen molar-refractivity contribution in [3.8, 4) is 11.8 Å². The maximum absolute atomic E-state index is 12.1. The Labute approximate surface area is 170 Å². The number of carbonyl (C=O) groups is 1. The van der Waals surface area contributed by atoms with E-state index in [0.29, 0.717) is 16.9 Å². The van der Waals surface area contributed by atoms with E-state index in [2.05, 4.69) is 41.3 Å². The van der Waals surface area contributed by atoms with Gasteiger partial charge in [0.1, 0.15) is 0 Å². The zero-order chi connectivity index (χ0) is 20.6. The first kappa shape index (κ1) is 21.7. The second-order valence-corrected chi connectivity index (χ2v) is 8.22. The average Bonchev–Trinajstić information content (AvgIpc) is 2.66. The molecule has 28 heavy (non-hydrogen) atoms. The molecule has 0 bridgehead atoms. The summed E-state index contributed by atoms with van der Waals surface area (Å²) in [4.78, 5) is 20.8. The van der Waals surface area contributed by atoms with Crippen LogP contribution in [0.3, 0.4) is 0 Å². The standard InChI is InChI=1S/C20H26N4O3S/c1-20(2,3)15(28-19-22-17(26-4)12-18(23-19)27-5)13-21-24-16(25)11-14-9-7-6-8-10-14/h6-10,12-13,15H,11H2,1-5H3,(H,24,25). The number of ether oxygens (including phenoxy) is 2. The van der Waals surface area contributed by atoms with Crippen molar-refractivity contribution in [2.24, 2.45) is 10.5 Å². The first-order valence-electron chi connectivity index (χ1n) is 8.81. The van der Waals surface area contributed by atoms with Gasteiger partial charge in [0.2, 0.25) is 17.7 Å². The molecule has 7 nitrogen and oxygen atoms in total. The van der Waals surface area contributed by atoms with Crippen LogP contribution in [0, 0.1) is 5.41 Å². The molecule has 0 spiro atoms. The largest absolute Gasteiger partial charge is 0.481 e. The Kier molecular flexibility index (Phi) is 7.80. The van der Waals surface area contributed by atoms with E-state index in [4.69, 9.17) is 9.47 Å². The lowest BCUT2D eigenvalue weighted by Gasteiger charge is -2.26. The molecular weight excluding hydrogens is 376 g/mol. The Balaban J connectivity index is 2.06. The maximum Gasteiger partial charge on any atom is 0.244 e. The highest BCUT2D eigenvalue weighted by atomic mass is 32.2. The SMILES string of the molecule is COc1cc(OC)nc(SC(C=NNC(=O)Cc2ccccc2)C(C)(C)C)n1. The van der Waals surface area contributed by atoms with Gasteiger partial charge in [-0.15, -0.1) is 0 Å². The van der Waals surface area contributed by atoms with E-state index in [1.807, 2.05) is 30.3 Å². The number of rotatable bonds is 8. The van der Waals surface area contributed by atoms with Gasteiger partial charge in [-0.3, -0.25) is 4.79 Å². The van der Waals surface area contributed by atoms with Gasteiger partial charge in [-0.1, -0.05) is 62.9 Å². The van der Waals surface area contributed by atoms with E-state index >= 15 is 0 Å². The van der Waals surface area contributed by atoms with Gasteiger partial charge in [-0.05, 0) is 11.0 Å². The van der Waals surface area contributed by atoms with Crippen molar-refractivity contribution in [3.05, 3.63) is 42.0 Å². The van der Waals surface area contributed by atoms with Gasteiger partial charge >= 0.3 is 0 Å². The Bertz CT molecular complexity index is 785. The molecule has 0 saturated carbocycles. The summed E-state index contributed by atoms with van der Waals surface area (Å²) >= 11 is 1.43. The average molecular weight is 403 g/mol. The molecule has 1 aromatic carbocycles. The number of hydrogen-bond acceptors (Lipinski definition) is 7. The third kappa shape index (κ3) is 6.84. The van der Waals surface area contributed by atoms with Crippen LogP contribution in [0.25, 0.3) is 0 Å². The van der Waals surface area contributed by atoms with E-state index in [1.54, 1.807) is 26.5 Å². The van der Waals surface area contributed by atoms with E-state index in [1.165, 1.54) is 11.8 Å². The minimum absolute atomic E-state index is 0.0821. The van der Waals surface area contributed by atoms with Crippen LogP contribution in [-0.4, -0.2) is 41.6 Å². The van der Waals surface area contributed by atoms with Crippen LogP contribution in [0.4, 0.5) is 0 Å². The fraction of sp³-hybridized carbons (Fsp3) is 0.400. The molecule has 1 atom stereocenters. The molecule has 0 aliphatic heterocycles. The van der Waals surface area contributed by atoms with Crippen LogP contribution >= 0.6 is 11.8 Å². The summed E-state index contributed by atoms with van der Waals surface area (Å²) in [6, 6.07) is 11.2. The van der Waals surface area contributed by atoms with Gasteiger partial charge in [0.15, 0.2) is 5.16 Å². The molecule has 0 aliphatic carbocycles. The minimum Gasteiger partial charge on any atom is -0.481 e. The summed E-state index contributed by atoms with van der Waals surface area (Å²) in [6.07, 6.45) is 1.99. The summed E-state index contributed by atoms with van der Waals surface area (Å²) in [5.41, 5.74) is 3.39. The molecule has 1 amide bonds. The fourth-order valence-electron chi connectivity index (χ4n) is 2.19. The second-order valence-electron chi connectivity index (χ2n) is 7.12. The van der Waals surface area contributed by atoms with Crippen LogP contribution in [0.1, 0.15) is 26.3 Å². The molecular formula is C20H26N4O3S. The number of benzene rings is 1. The van der Waals surface area contributed by atoms with Crippen LogP contribution < -0.4 is 14.9 Å². The third-order valence-corrected chi connectivity index (χ3v) is 5.25. The summed E-state index contributed by atoms with van der Waals surface area (Å²) in [5.74, 6) is 0.685. The number of carbonyl (C=O) groups excluding carboxylic acids is 1. The number of nitrogens with one attached hydrogen (secondary N) is 1. The zero-order valence-electron chi connectivity index (χ0n) is 16.8. The molecule has 2 aromatic rings. The van der Waals surface area contributed by atoms with Crippen molar-refractivity contribution < 1.29 is 14.3 Å². The number of hydrogen-bond donors (Lipinski definition) is 1. The topological polar surface area (TPSA) is 85.7 Å². The quantitative estimate of drug-likeness (QED) is 0.315. The molecule has 0 fully saturated rings. The molecule has 0 radical (unpaired) electrons. The van der Waals surface area contributed by atoms with Crippen LogP contribution in [0.2, 0.25) is 0 Å². The van der Waals surface area contributed by atoms with Crippen molar-refractivity contribution in [1.29, 1.82) is 0 Å². The number of aromatic nitrogens is 2. The van der Waals surface area contributed by atoms with E-state index < -0.39 is 0 Å². The number of methoxy groups -OCH3 is 2. The van der Waals surface area contributed by atoms with Crippen molar-refractivity contribution in [1.82, 2.24) is 15.4 Å². The van der Waals surface area contributed by atoms with Gasteiger partial charge < -0.3 is 9.47 Å². The Hall–Kier alpha value is -2.61. The van der Waals surface area contributed by atoms with E-state index in [0.717, 1.165) is 5.56 Å². The minimum atomic E-state index is -0.167. The number of amides is 1. The van der Waals surface area contributed by atoms with Crippen molar-refractivity contribution in [2.45, 2.75) is 37.6 Å². The predicted molar refractivity (Wildman–Crippen MR) is 111 cm³/mol. The lowest BCUT2D eigenvalue weighted by Crippen LogP contribution is -2.27. The smallest absolute Gasteiger partial charge is 0.244 e. The highest BCUT2D eigenvalue weighted by Crippen LogP contribution is 2.34. The molecule has 8 heteroatoms. The number of thioether (sulfide) groups is 1. The summed E-state index contributed by atoms with van der Waals surface area (Å²) in [5, 5.41) is 4.58. The van der Waals surface area contributed by atoms with Crippen LogP contribution in [0.15, 0.2) is 46.7 Å². The highest BCUT2D eigenvalue weighted by molar-refractivity contribution is 8.00.